The van der Waals surface area contributed by atoms with E-state index >= 15 is 0 Å². The minimum absolute atomic E-state index is 0.00868. The summed E-state index contributed by atoms with van der Waals surface area (Å²) in [5.74, 6) is 0.00408. The molecule has 0 saturated heterocycles. The number of unbranched alkanes of at least 4 members (excludes halogenated alkanes) is 1. The largest absolute Gasteiger partial charge is 0.481 e. The van der Waals surface area contributed by atoms with Gasteiger partial charge in [-0.05, 0) is 47.0 Å². The number of nitrogens with one attached hydrogen (secondary N) is 2. The van der Waals surface area contributed by atoms with Gasteiger partial charge < -0.3 is 30.0 Å². The fraction of sp³-hybridized carbons (Fsp3) is 0.393. The fourth-order valence-electron chi connectivity index (χ4n) is 4.22. The molecule has 214 valence electrons. The molecule has 1 aliphatic rings. The first kappa shape index (κ1) is 29.2. The van der Waals surface area contributed by atoms with Crippen molar-refractivity contribution in [1.82, 2.24) is 15.5 Å². The highest BCUT2D eigenvalue weighted by Gasteiger charge is 2.24. The number of nitrogens with zero attached hydrogens (tertiary/aromatic N) is 1. The number of carboxylic acid groups (broad SMARTS) is 1. The Hall–Kier alpha value is -3.77. The molecule has 40 heavy (non-hydrogen) atoms. The highest BCUT2D eigenvalue weighted by molar-refractivity contribution is 7.10. The second-order valence-corrected chi connectivity index (χ2v) is 11.4. The quantitative estimate of drug-likeness (QED) is 0.219. The monoisotopic (exact) mass is 587 g/mol. The Balaban J connectivity index is 1.38. The maximum Gasteiger partial charge on any atom is 0.410 e. The topological polar surface area (TPSA) is 126 Å². The van der Waals surface area contributed by atoms with Crippen LogP contribution < -0.4 is 20.1 Å². The molecule has 1 aromatic carbocycles. The minimum atomic E-state index is -1.06. The van der Waals surface area contributed by atoms with Crippen molar-refractivity contribution < 1.29 is 33.7 Å². The van der Waals surface area contributed by atoms with Crippen LogP contribution in [0.5, 0.6) is 11.5 Å². The molecule has 0 unspecified atom stereocenters. The van der Waals surface area contributed by atoms with Crippen molar-refractivity contribution >= 4 is 40.8 Å². The summed E-state index contributed by atoms with van der Waals surface area (Å²) in [6.07, 6.45) is 1.53. The molecule has 3 amide bonds. The Morgan fingerprint density at radius 1 is 1.02 bits per heavy atom. The third-order valence-corrected chi connectivity index (χ3v) is 7.97. The number of rotatable bonds is 14. The molecule has 3 aromatic rings. The van der Waals surface area contributed by atoms with Crippen molar-refractivity contribution in [3.05, 3.63) is 68.5 Å². The molecule has 1 aliphatic heterocycles. The maximum atomic E-state index is 13.1. The summed E-state index contributed by atoms with van der Waals surface area (Å²) in [5, 5.41) is 19.0. The summed E-state index contributed by atoms with van der Waals surface area (Å²) in [4.78, 5) is 41.4. The first-order valence-corrected chi connectivity index (χ1v) is 14.8. The lowest BCUT2D eigenvalue weighted by Gasteiger charge is -2.25. The number of hydrogen-bond donors (Lipinski definition) is 3. The van der Waals surface area contributed by atoms with Crippen molar-refractivity contribution in [2.24, 2.45) is 0 Å². The number of amides is 3. The van der Waals surface area contributed by atoms with E-state index in [0.717, 1.165) is 22.6 Å². The molecule has 2 atom stereocenters. The number of aliphatic carboxylic acids is 1. The SMILES string of the molecule is CCCC[C@@H](COC(=O)N(Cc1cccs1)Cc1cccs1)NC(=O)N[C@H](CC(=O)O)c1ccc2c(c1)OCO2. The normalized spacial score (nSPS) is 13.3. The Bertz CT molecular complexity index is 1210. The summed E-state index contributed by atoms with van der Waals surface area (Å²) < 4.78 is 16.4. The molecule has 0 radical (unpaired) electrons. The lowest BCUT2D eigenvalue weighted by atomic mass is 10.0. The Morgan fingerprint density at radius 3 is 2.35 bits per heavy atom. The zero-order chi connectivity index (χ0) is 28.3. The van der Waals surface area contributed by atoms with Crippen molar-refractivity contribution in [3.63, 3.8) is 0 Å². The van der Waals surface area contributed by atoms with E-state index in [9.17, 15) is 19.5 Å². The van der Waals surface area contributed by atoms with Crippen LogP contribution in [0.4, 0.5) is 9.59 Å². The van der Waals surface area contributed by atoms with Crippen LogP contribution in [-0.4, -0.2) is 47.5 Å². The van der Waals surface area contributed by atoms with Gasteiger partial charge in [-0.1, -0.05) is 38.0 Å². The standard InChI is InChI=1S/C28H33N3O7S2/c1-2-3-6-20(17-36-28(35)31(15-21-7-4-11-39-21)16-22-8-5-12-40-22)29-27(34)30-23(14-26(32)33)19-9-10-24-25(13-19)38-18-37-24/h4-5,7-13,20,23H,2-3,6,14-18H2,1H3,(H,32,33)(H2,29,30,34)/t20-,23+/m0/s1. The van der Waals surface area contributed by atoms with E-state index in [1.807, 2.05) is 41.9 Å². The first-order chi connectivity index (χ1) is 19.4. The van der Waals surface area contributed by atoms with Crippen LogP contribution in [0.2, 0.25) is 0 Å². The molecule has 0 aliphatic carbocycles. The van der Waals surface area contributed by atoms with Gasteiger partial charge in [0, 0.05) is 9.75 Å². The van der Waals surface area contributed by atoms with Gasteiger partial charge in [-0.3, -0.25) is 9.69 Å². The zero-order valence-corrected chi connectivity index (χ0v) is 23.8. The Labute approximate surface area is 240 Å². The lowest BCUT2D eigenvalue weighted by molar-refractivity contribution is -0.137. The van der Waals surface area contributed by atoms with Crippen molar-refractivity contribution in [3.8, 4) is 11.5 Å². The maximum absolute atomic E-state index is 13.1. The predicted octanol–water partition coefficient (Wildman–Crippen LogP) is 5.75. The van der Waals surface area contributed by atoms with E-state index in [-0.39, 0.29) is 19.8 Å². The minimum Gasteiger partial charge on any atom is -0.481 e. The fourth-order valence-corrected chi connectivity index (χ4v) is 5.66. The van der Waals surface area contributed by atoms with E-state index in [1.165, 1.54) is 0 Å². The molecule has 4 rings (SSSR count). The Kier molecular flexibility index (Phi) is 10.6. The van der Waals surface area contributed by atoms with Gasteiger partial charge in [0.15, 0.2) is 11.5 Å². The number of urea groups is 1. The van der Waals surface area contributed by atoms with E-state index in [0.29, 0.717) is 36.6 Å². The summed E-state index contributed by atoms with van der Waals surface area (Å²) in [6, 6.07) is 11.1. The molecule has 3 heterocycles. The molecule has 10 nitrogen and oxygen atoms in total. The van der Waals surface area contributed by atoms with Gasteiger partial charge in [0.05, 0.1) is 31.6 Å². The third-order valence-electron chi connectivity index (χ3n) is 6.24. The number of carboxylic acids is 1. The number of hydrogen-bond acceptors (Lipinski definition) is 8. The van der Waals surface area contributed by atoms with Gasteiger partial charge in [-0.15, -0.1) is 22.7 Å². The second-order valence-electron chi connectivity index (χ2n) is 9.31. The van der Waals surface area contributed by atoms with E-state index < -0.39 is 30.2 Å². The van der Waals surface area contributed by atoms with Gasteiger partial charge in [-0.25, -0.2) is 9.59 Å². The summed E-state index contributed by atoms with van der Waals surface area (Å²) in [7, 11) is 0. The van der Waals surface area contributed by atoms with Crippen LogP contribution >= 0.6 is 22.7 Å². The van der Waals surface area contributed by atoms with Crippen LogP contribution in [0.3, 0.4) is 0 Å². The number of thiophene rings is 2. The number of carbonyl (C=O) groups is 3. The van der Waals surface area contributed by atoms with Gasteiger partial charge in [-0.2, -0.15) is 0 Å². The number of carbonyl (C=O) groups excluding carboxylic acids is 2. The summed E-state index contributed by atoms with van der Waals surface area (Å²) in [6.45, 7) is 2.97. The van der Waals surface area contributed by atoms with Gasteiger partial charge in [0.25, 0.3) is 0 Å². The van der Waals surface area contributed by atoms with Crippen molar-refractivity contribution in [2.75, 3.05) is 13.4 Å². The summed E-state index contributed by atoms with van der Waals surface area (Å²) >= 11 is 3.14. The third kappa shape index (κ3) is 8.62. The molecule has 12 heteroatoms. The van der Waals surface area contributed by atoms with Gasteiger partial charge >= 0.3 is 18.1 Å². The van der Waals surface area contributed by atoms with Gasteiger partial charge in [0.2, 0.25) is 6.79 Å². The smallest absolute Gasteiger partial charge is 0.410 e. The number of benzene rings is 1. The number of fused-ring (bicyclic) bond motifs is 1. The van der Waals surface area contributed by atoms with Crippen LogP contribution in [0.25, 0.3) is 0 Å². The molecular weight excluding hydrogens is 554 g/mol. The highest BCUT2D eigenvalue weighted by Crippen LogP contribution is 2.34. The molecular formula is C28H33N3O7S2. The van der Waals surface area contributed by atoms with Crippen molar-refractivity contribution in [2.45, 2.75) is 57.8 Å². The molecule has 0 saturated carbocycles. The number of ether oxygens (including phenoxy) is 3. The molecule has 0 fully saturated rings. The molecule has 0 spiro atoms. The molecule has 3 N–H and O–H groups in total. The average Bonchev–Trinajstić information content (AvgIpc) is 3.72. The van der Waals surface area contributed by atoms with Crippen LogP contribution in [0, 0.1) is 0 Å². The average molecular weight is 588 g/mol. The van der Waals surface area contributed by atoms with Crippen LogP contribution in [0.1, 0.15) is 54.0 Å². The first-order valence-electron chi connectivity index (χ1n) is 13.1. The van der Waals surface area contributed by atoms with Gasteiger partial charge in [0.1, 0.15) is 6.61 Å². The van der Waals surface area contributed by atoms with E-state index in [2.05, 4.69) is 10.6 Å². The zero-order valence-electron chi connectivity index (χ0n) is 22.2. The molecule has 0 bridgehead atoms. The van der Waals surface area contributed by atoms with Crippen LogP contribution in [-0.2, 0) is 22.6 Å². The van der Waals surface area contributed by atoms with E-state index in [1.54, 1.807) is 45.8 Å². The second kappa shape index (κ2) is 14.6. The predicted molar refractivity (Wildman–Crippen MR) is 152 cm³/mol. The lowest BCUT2D eigenvalue weighted by Crippen LogP contribution is -2.46. The summed E-state index contributed by atoms with van der Waals surface area (Å²) in [5.41, 5.74) is 0.580. The van der Waals surface area contributed by atoms with Crippen LogP contribution in [0.15, 0.2) is 53.2 Å². The Morgan fingerprint density at radius 2 is 1.73 bits per heavy atom. The highest BCUT2D eigenvalue weighted by atomic mass is 32.1. The van der Waals surface area contributed by atoms with Crippen molar-refractivity contribution in [1.29, 1.82) is 0 Å². The molecule has 2 aromatic heterocycles. The van der Waals surface area contributed by atoms with E-state index in [4.69, 9.17) is 14.2 Å².